The molecule has 0 radical (unpaired) electrons. The normalized spacial score (nSPS) is 18.6. The molecule has 2 rings (SSSR count). The van der Waals surface area contributed by atoms with Gasteiger partial charge >= 0.3 is 0 Å². The highest BCUT2D eigenvalue weighted by Gasteiger charge is 2.33. The van der Waals surface area contributed by atoms with Gasteiger partial charge in [0.05, 0.1) is 0 Å². The highest BCUT2D eigenvalue weighted by molar-refractivity contribution is 5.50. The molecular weight excluding hydrogens is 210 g/mol. The van der Waals surface area contributed by atoms with Crippen molar-refractivity contribution < 1.29 is 0 Å². The molecule has 1 aliphatic heterocycles. The van der Waals surface area contributed by atoms with Gasteiger partial charge in [-0.25, -0.2) is 4.98 Å². The average molecular weight is 233 g/mol. The maximum absolute atomic E-state index is 4.60. The van der Waals surface area contributed by atoms with E-state index in [0.29, 0.717) is 0 Å². The van der Waals surface area contributed by atoms with Crippen molar-refractivity contribution in [1.82, 2.24) is 10.3 Å². The van der Waals surface area contributed by atoms with Gasteiger partial charge in [-0.1, -0.05) is 13.0 Å². The molecule has 1 fully saturated rings. The standard InChI is InChI=1S/C14H23N3/c1-4-15-11-12-7-5-9-16-13(12)17-10-6-8-14(17,2)3/h5,7,9,15H,4,6,8,10-11H2,1-3H3. The van der Waals surface area contributed by atoms with Gasteiger partial charge in [0, 0.05) is 30.4 Å². The van der Waals surface area contributed by atoms with Crippen LogP contribution in [0.5, 0.6) is 0 Å². The number of nitrogens with one attached hydrogen (secondary N) is 1. The maximum Gasteiger partial charge on any atom is 0.133 e. The molecule has 1 aromatic heterocycles. The molecule has 1 aliphatic rings. The Morgan fingerprint density at radius 3 is 2.94 bits per heavy atom. The lowest BCUT2D eigenvalue weighted by atomic mass is 10.0. The Balaban J connectivity index is 2.25. The van der Waals surface area contributed by atoms with E-state index in [9.17, 15) is 0 Å². The minimum atomic E-state index is 0.245. The Kier molecular flexibility index (Phi) is 3.67. The fraction of sp³-hybridized carbons (Fsp3) is 0.643. The molecule has 1 saturated heterocycles. The van der Waals surface area contributed by atoms with Crippen molar-refractivity contribution in [3.8, 4) is 0 Å². The summed E-state index contributed by atoms with van der Waals surface area (Å²) in [4.78, 5) is 7.05. The van der Waals surface area contributed by atoms with Crippen LogP contribution < -0.4 is 10.2 Å². The average Bonchev–Trinajstić information content (AvgIpc) is 2.66. The van der Waals surface area contributed by atoms with Gasteiger partial charge in [0.2, 0.25) is 0 Å². The highest BCUT2D eigenvalue weighted by atomic mass is 15.3. The second kappa shape index (κ2) is 5.05. The van der Waals surface area contributed by atoms with Crippen LogP contribution in [0, 0.1) is 0 Å². The molecule has 3 nitrogen and oxygen atoms in total. The Morgan fingerprint density at radius 2 is 2.29 bits per heavy atom. The first kappa shape index (κ1) is 12.4. The molecule has 0 amide bonds. The van der Waals surface area contributed by atoms with Crippen molar-refractivity contribution in [2.24, 2.45) is 0 Å². The van der Waals surface area contributed by atoms with Crippen molar-refractivity contribution in [2.45, 2.75) is 45.7 Å². The van der Waals surface area contributed by atoms with E-state index in [4.69, 9.17) is 0 Å². The van der Waals surface area contributed by atoms with Crippen LogP contribution >= 0.6 is 0 Å². The SMILES string of the molecule is CCNCc1cccnc1N1CCCC1(C)C. The Morgan fingerprint density at radius 1 is 1.47 bits per heavy atom. The van der Waals surface area contributed by atoms with E-state index in [1.807, 2.05) is 12.3 Å². The Hall–Kier alpha value is -1.09. The molecule has 0 bridgehead atoms. The van der Waals surface area contributed by atoms with Crippen LogP contribution in [-0.2, 0) is 6.54 Å². The number of nitrogens with zero attached hydrogens (tertiary/aromatic N) is 2. The molecule has 17 heavy (non-hydrogen) atoms. The predicted molar refractivity (Wildman–Crippen MR) is 72.3 cm³/mol. The van der Waals surface area contributed by atoms with Crippen molar-refractivity contribution in [3.05, 3.63) is 23.9 Å². The van der Waals surface area contributed by atoms with E-state index in [1.165, 1.54) is 18.4 Å². The number of aromatic nitrogens is 1. The molecule has 0 atom stereocenters. The fourth-order valence-electron chi connectivity index (χ4n) is 2.57. The third-order valence-electron chi connectivity index (χ3n) is 3.59. The van der Waals surface area contributed by atoms with Crippen LogP contribution in [0.4, 0.5) is 5.82 Å². The van der Waals surface area contributed by atoms with Gasteiger partial charge in [-0.15, -0.1) is 0 Å². The zero-order valence-corrected chi connectivity index (χ0v) is 11.2. The van der Waals surface area contributed by atoms with Crippen molar-refractivity contribution >= 4 is 5.82 Å². The molecule has 1 N–H and O–H groups in total. The maximum atomic E-state index is 4.60. The second-order valence-corrected chi connectivity index (χ2v) is 5.33. The molecule has 1 aromatic rings. The van der Waals surface area contributed by atoms with E-state index in [2.05, 4.69) is 42.0 Å². The molecular formula is C14H23N3. The first-order valence-corrected chi connectivity index (χ1v) is 6.57. The summed E-state index contributed by atoms with van der Waals surface area (Å²) in [7, 11) is 0. The first-order valence-electron chi connectivity index (χ1n) is 6.57. The zero-order valence-electron chi connectivity index (χ0n) is 11.2. The van der Waals surface area contributed by atoms with E-state index in [0.717, 1.165) is 25.5 Å². The van der Waals surface area contributed by atoms with Crippen molar-refractivity contribution in [1.29, 1.82) is 0 Å². The first-order chi connectivity index (χ1) is 8.15. The van der Waals surface area contributed by atoms with Gasteiger partial charge in [0.15, 0.2) is 0 Å². The lowest BCUT2D eigenvalue weighted by molar-refractivity contribution is 0.512. The highest BCUT2D eigenvalue weighted by Crippen LogP contribution is 2.33. The summed E-state index contributed by atoms with van der Waals surface area (Å²) in [5, 5.41) is 3.39. The van der Waals surface area contributed by atoms with Gasteiger partial charge in [-0.3, -0.25) is 0 Å². The number of hydrogen-bond donors (Lipinski definition) is 1. The Labute approximate surface area is 104 Å². The number of pyridine rings is 1. The van der Waals surface area contributed by atoms with E-state index < -0.39 is 0 Å². The van der Waals surface area contributed by atoms with Crippen LogP contribution in [0.2, 0.25) is 0 Å². The summed E-state index contributed by atoms with van der Waals surface area (Å²) in [5.41, 5.74) is 1.55. The minimum absolute atomic E-state index is 0.245. The monoisotopic (exact) mass is 233 g/mol. The lowest BCUT2D eigenvalue weighted by Crippen LogP contribution is -2.39. The summed E-state index contributed by atoms with van der Waals surface area (Å²) in [5.74, 6) is 1.16. The summed E-state index contributed by atoms with van der Waals surface area (Å²) < 4.78 is 0. The van der Waals surface area contributed by atoms with E-state index in [-0.39, 0.29) is 5.54 Å². The molecule has 0 saturated carbocycles. The third-order valence-corrected chi connectivity index (χ3v) is 3.59. The van der Waals surface area contributed by atoms with Crippen LogP contribution in [0.1, 0.15) is 39.2 Å². The molecule has 0 aliphatic carbocycles. The third kappa shape index (κ3) is 2.60. The largest absolute Gasteiger partial charge is 0.351 e. The topological polar surface area (TPSA) is 28.2 Å². The fourth-order valence-corrected chi connectivity index (χ4v) is 2.57. The van der Waals surface area contributed by atoms with Gasteiger partial charge in [0.1, 0.15) is 5.82 Å². The number of anilines is 1. The molecule has 0 unspecified atom stereocenters. The molecule has 0 aromatic carbocycles. The summed E-state index contributed by atoms with van der Waals surface area (Å²) in [6.07, 6.45) is 4.42. The molecule has 94 valence electrons. The van der Waals surface area contributed by atoms with Crippen LogP contribution in [-0.4, -0.2) is 23.6 Å². The van der Waals surface area contributed by atoms with Gasteiger partial charge in [-0.2, -0.15) is 0 Å². The van der Waals surface area contributed by atoms with Gasteiger partial charge < -0.3 is 10.2 Å². The molecule has 3 heteroatoms. The van der Waals surface area contributed by atoms with Gasteiger partial charge in [0.25, 0.3) is 0 Å². The van der Waals surface area contributed by atoms with E-state index in [1.54, 1.807) is 0 Å². The van der Waals surface area contributed by atoms with Crippen molar-refractivity contribution in [2.75, 3.05) is 18.0 Å². The number of hydrogen-bond acceptors (Lipinski definition) is 3. The smallest absolute Gasteiger partial charge is 0.133 e. The lowest BCUT2D eigenvalue weighted by Gasteiger charge is -2.34. The summed E-state index contributed by atoms with van der Waals surface area (Å²) in [6.45, 7) is 9.79. The van der Waals surface area contributed by atoms with E-state index >= 15 is 0 Å². The predicted octanol–water partition coefficient (Wildman–Crippen LogP) is 2.57. The summed E-state index contributed by atoms with van der Waals surface area (Å²) in [6, 6.07) is 4.21. The second-order valence-electron chi connectivity index (χ2n) is 5.33. The van der Waals surface area contributed by atoms with Crippen LogP contribution in [0.15, 0.2) is 18.3 Å². The van der Waals surface area contributed by atoms with Crippen LogP contribution in [0.25, 0.3) is 0 Å². The zero-order chi connectivity index (χ0) is 12.3. The van der Waals surface area contributed by atoms with Crippen molar-refractivity contribution in [3.63, 3.8) is 0 Å². The Bertz CT molecular complexity index is 373. The minimum Gasteiger partial charge on any atom is -0.351 e. The molecule has 2 heterocycles. The molecule has 0 spiro atoms. The number of rotatable bonds is 4. The summed E-state index contributed by atoms with van der Waals surface area (Å²) >= 11 is 0. The van der Waals surface area contributed by atoms with Crippen LogP contribution in [0.3, 0.4) is 0 Å². The van der Waals surface area contributed by atoms with Gasteiger partial charge in [-0.05, 0) is 39.3 Å². The quantitative estimate of drug-likeness (QED) is 0.866.